The minimum Gasteiger partial charge on any atom is -0.355 e. The Balaban J connectivity index is 1.45. The quantitative estimate of drug-likeness (QED) is 0.580. The molecule has 1 atom stereocenters. The lowest BCUT2D eigenvalue weighted by molar-refractivity contribution is 0.452. The normalized spacial score (nSPS) is 17.2. The molecule has 28 heavy (non-hydrogen) atoms. The summed E-state index contributed by atoms with van der Waals surface area (Å²) in [5, 5.41) is 9.53. The number of aromatic nitrogens is 5. The molecular weight excluding hydrogens is 368 g/mol. The molecule has 1 saturated heterocycles. The highest BCUT2D eigenvalue weighted by atomic mass is 32.2. The summed E-state index contributed by atoms with van der Waals surface area (Å²) in [6.07, 6.45) is 7.84. The lowest BCUT2D eigenvalue weighted by atomic mass is 9.97. The number of piperidine rings is 1. The first-order valence-electron chi connectivity index (χ1n) is 9.84. The van der Waals surface area contributed by atoms with E-state index in [0.717, 1.165) is 48.4 Å². The number of hydrogen-bond acceptors (Lipinski definition) is 6. The van der Waals surface area contributed by atoms with Crippen molar-refractivity contribution in [2.45, 2.75) is 49.4 Å². The van der Waals surface area contributed by atoms with Crippen molar-refractivity contribution in [2.75, 3.05) is 18.0 Å². The van der Waals surface area contributed by atoms with Gasteiger partial charge in [0.1, 0.15) is 23.0 Å². The van der Waals surface area contributed by atoms with Crippen molar-refractivity contribution in [3.05, 3.63) is 60.4 Å². The Hall–Kier alpha value is -2.41. The van der Waals surface area contributed by atoms with Crippen LogP contribution in [0.15, 0.2) is 54.1 Å². The average molecular weight is 395 g/mol. The van der Waals surface area contributed by atoms with Crippen molar-refractivity contribution in [1.29, 1.82) is 0 Å². The van der Waals surface area contributed by atoms with Crippen LogP contribution in [-0.4, -0.2) is 37.8 Å². The zero-order chi connectivity index (χ0) is 19.3. The van der Waals surface area contributed by atoms with Crippen LogP contribution in [-0.2, 0) is 5.75 Å². The lowest BCUT2D eigenvalue weighted by Gasteiger charge is -2.33. The number of rotatable bonds is 6. The summed E-state index contributed by atoms with van der Waals surface area (Å²) in [5.41, 5.74) is 1.30. The van der Waals surface area contributed by atoms with Crippen LogP contribution in [0.4, 0.5) is 5.82 Å². The molecule has 0 amide bonds. The van der Waals surface area contributed by atoms with E-state index in [0.29, 0.717) is 12.0 Å². The van der Waals surface area contributed by atoms with Crippen molar-refractivity contribution in [3.63, 3.8) is 0 Å². The van der Waals surface area contributed by atoms with Gasteiger partial charge in [-0.05, 0) is 32.3 Å². The van der Waals surface area contributed by atoms with Crippen LogP contribution >= 0.6 is 11.8 Å². The summed E-state index contributed by atoms with van der Waals surface area (Å²) in [6, 6.07) is 10.8. The average Bonchev–Trinajstić information content (AvgIpc) is 3.24. The molecule has 0 aliphatic carbocycles. The van der Waals surface area contributed by atoms with Gasteiger partial charge in [-0.3, -0.25) is 4.98 Å². The fraction of sp³-hybridized carbons (Fsp3) is 0.429. The Morgan fingerprint density at radius 3 is 2.86 bits per heavy atom. The van der Waals surface area contributed by atoms with Gasteiger partial charge in [0, 0.05) is 30.8 Å². The predicted octanol–water partition coefficient (Wildman–Crippen LogP) is 4.33. The summed E-state index contributed by atoms with van der Waals surface area (Å²) < 4.78 is 2.19. The molecule has 7 heteroatoms. The summed E-state index contributed by atoms with van der Waals surface area (Å²) in [7, 11) is 0. The largest absolute Gasteiger partial charge is 0.355 e. The standard InChI is InChI=1S/C21H26N6S/c1-16(2)27-15-23-25-21(27)18-9-6-10-26(13-18)19-11-22-12-20(24-19)28-14-17-7-4-3-5-8-17/h3-5,7-8,11-12,15-16,18H,6,9-10,13-14H2,1-2H3. The highest BCUT2D eigenvalue weighted by molar-refractivity contribution is 7.98. The molecule has 0 bridgehead atoms. The van der Waals surface area contributed by atoms with Gasteiger partial charge < -0.3 is 9.47 Å². The molecule has 4 rings (SSSR count). The first kappa shape index (κ1) is 18.9. The highest BCUT2D eigenvalue weighted by Gasteiger charge is 2.27. The van der Waals surface area contributed by atoms with Gasteiger partial charge in [-0.2, -0.15) is 0 Å². The van der Waals surface area contributed by atoms with Crippen LogP contribution in [0.5, 0.6) is 0 Å². The van der Waals surface area contributed by atoms with Gasteiger partial charge >= 0.3 is 0 Å². The summed E-state index contributed by atoms with van der Waals surface area (Å²) in [5.74, 6) is 3.32. The fourth-order valence-electron chi connectivity index (χ4n) is 3.63. The van der Waals surface area contributed by atoms with E-state index in [4.69, 9.17) is 4.98 Å². The molecule has 1 aliphatic rings. The Bertz CT molecular complexity index is 895. The predicted molar refractivity (Wildman–Crippen MR) is 113 cm³/mol. The molecule has 1 fully saturated rings. The van der Waals surface area contributed by atoms with Crippen LogP contribution in [0.3, 0.4) is 0 Å². The Kier molecular flexibility index (Phi) is 5.90. The van der Waals surface area contributed by atoms with E-state index in [-0.39, 0.29) is 0 Å². The molecule has 1 aliphatic heterocycles. The van der Waals surface area contributed by atoms with Crippen LogP contribution in [0.25, 0.3) is 0 Å². The molecule has 0 N–H and O–H groups in total. The minimum atomic E-state index is 0.373. The molecule has 146 valence electrons. The molecule has 1 unspecified atom stereocenters. The Labute approximate surface area is 170 Å². The molecule has 0 spiro atoms. The maximum absolute atomic E-state index is 4.87. The van der Waals surface area contributed by atoms with Gasteiger partial charge in [-0.15, -0.1) is 22.0 Å². The highest BCUT2D eigenvalue weighted by Crippen LogP contribution is 2.30. The van der Waals surface area contributed by atoms with E-state index >= 15 is 0 Å². The van der Waals surface area contributed by atoms with Crippen molar-refractivity contribution < 1.29 is 0 Å². The Morgan fingerprint density at radius 2 is 2.04 bits per heavy atom. The van der Waals surface area contributed by atoms with E-state index in [9.17, 15) is 0 Å². The third-order valence-electron chi connectivity index (χ3n) is 5.10. The monoisotopic (exact) mass is 394 g/mol. The zero-order valence-corrected chi connectivity index (χ0v) is 17.2. The van der Waals surface area contributed by atoms with E-state index in [2.05, 4.69) is 62.8 Å². The van der Waals surface area contributed by atoms with Crippen LogP contribution in [0, 0.1) is 0 Å². The van der Waals surface area contributed by atoms with Crippen molar-refractivity contribution in [3.8, 4) is 0 Å². The van der Waals surface area contributed by atoms with E-state index < -0.39 is 0 Å². The summed E-state index contributed by atoms with van der Waals surface area (Å²) in [6.45, 7) is 6.26. The molecule has 0 saturated carbocycles. The third kappa shape index (κ3) is 4.35. The molecule has 3 heterocycles. The van der Waals surface area contributed by atoms with E-state index in [1.54, 1.807) is 11.8 Å². The first-order valence-corrected chi connectivity index (χ1v) is 10.8. The van der Waals surface area contributed by atoms with Crippen molar-refractivity contribution in [1.82, 2.24) is 24.7 Å². The lowest BCUT2D eigenvalue weighted by Crippen LogP contribution is -2.36. The molecule has 2 aromatic heterocycles. The number of nitrogens with zero attached hydrogens (tertiary/aromatic N) is 6. The van der Waals surface area contributed by atoms with E-state index in [1.807, 2.05) is 24.8 Å². The van der Waals surface area contributed by atoms with Gasteiger partial charge in [0.2, 0.25) is 0 Å². The molecule has 0 radical (unpaired) electrons. The molecular formula is C21H26N6S. The van der Waals surface area contributed by atoms with Gasteiger partial charge in [-0.25, -0.2) is 4.98 Å². The molecule has 1 aromatic carbocycles. The SMILES string of the molecule is CC(C)n1cnnc1C1CCCN(c2cncc(SCc3ccccc3)n2)C1. The fourth-order valence-corrected chi connectivity index (χ4v) is 4.43. The minimum absolute atomic E-state index is 0.373. The molecule has 3 aromatic rings. The summed E-state index contributed by atoms with van der Waals surface area (Å²) in [4.78, 5) is 11.7. The van der Waals surface area contributed by atoms with Gasteiger partial charge in [-0.1, -0.05) is 30.3 Å². The van der Waals surface area contributed by atoms with Crippen LogP contribution in [0.2, 0.25) is 0 Å². The Morgan fingerprint density at radius 1 is 1.18 bits per heavy atom. The van der Waals surface area contributed by atoms with Gasteiger partial charge in [0.25, 0.3) is 0 Å². The maximum Gasteiger partial charge on any atom is 0.148 e. The second-order valence-electron chi connectivity index (χ2n) is 7.47. The summed E-state index contributed by atoms with van der Waals surface area (Å²) >= 11 is 1.73. The second-order valence-corrected chi connectivity index (χ2v) is 8.46. The van der Waals surface area contributed by atoms with E-state index in [1.165, 1.54) is 5.56 Å². The van der Waals surface area contributed by atoms with Crippen LogP contribution < -0.4 is 4.90 Å². The second kappa shape index (κ2) is 8.73. The molecule has 6 nitrogen and oxygen atoms in total. The number of thioether (sulfide) groups is 1. The topological polar surface area (TPSA) is 59.7 Å². The van der Waals surface area contributed by atoms with Crippen molar-refractivity contribution in [2.24, 2.45) is 0 Å². The zero-order valence-electron chi connectivity index (χ0n) is 16.4. The third-order valence-corrected chi connectivity index (χ3v) is 6.07. The van der Waals surface area contributed by atoms with Gasteiger partial charge in [0.15, 0.2) is 0 Å². The van der Waals surface area contributed by atoms with Crippen LogP contribution in [0.1, 0.15) is 50.0 Å². The smallest absolute Gasteiger partial charge is 0.148 e. The number of benzene rings is 1. The number of anilines is 1. The maximum atomic E-state index is 4.87. The van der Waals surface area contributed by atoms with Crippen molar-refractivity contribution >= 4 is 17.6 Å². The number of hydrogen-bond donors (Lipinski definition) is 0. The first-order chi connectivity index (χ1) is 13.7. The van der Waals surface area contributed by atoms with Gasteiger partial charge in [0.05, 0.1) is 12.4 Å².